The summed E-state index contributed by atoms with van der Waals surface area (Å²) in [5, 5.41) is 0. The van der Waals surface area contributed by atoms with Gasteiger partial charge in [0.1, 0.15) is 9.84 Å². The van der Waals surface area contributed by atoms with Crippen LogP contribution in [0.25, 0.3) is 0 Å². The third-order valence-electron chi connectivity index (χ3n) is 2.46. The average Bonchev–Trinajstić information content (AvgIpc) is 2.26. The quantitative estimate of drug-likeness (QED) is 0.777. The van der Waals surface area contributed by atoms with Crippen molar-refractivity contribution in [2.75, 3.05) is 25.6 Å². The minimum Gasteiger partial charge on any atom is -0.325 e. The van der Waals surface area contributed by atoms with Crippen molar-refractivity contribution in [3.8, 4) is 0 Å². The van der Waals surface area contributed by atoms with E-state index >= 15 is 0 Å². The molecule has 1 heterocycles. The molecule has 17 heavy (non-hydrogen) atoms. The highest BCUT2D eigenvalue weighted by molar-refractivity contribution is 7.90. The van der Waals surface area contributed by atoms with E-state index in [4.69, 9.17) is 5.73 Å². The number of pyridine rings is 1. The fourth-order valence-electron chi connectivity index (χ4n) is 1.49. The molecular weight excluding hydrogens is 238 g/mol. The van der Waals surface area contributed by atoms with Crippen LogP contribution in [0.3, 0.4) is 0 Å². The third kappa shape index (κ3) is 5.25. The highest BCUT2D eigenvalue weighted by Gasteiger charge is 2.08. The Kier molecular flexibility index (Phi) is 5.04. The summed E-state index contributed by atoms with van der Waals surface area (Å²) in [5.41, 5.74) is 7.50. The molecule has 1 rings (SSSR count). The summed E-state index contributed by atoms with van der Waals surface area (Å²) < 4.78 is 22.1. The van der Waals surface area contributed by atoms with Crippen LogP contribution in [0.4, 0.5) is 0 Å². The van der Waals surface area contributed by atoms with Gasteiger partial charge >= 0.3 is 0 Å². The molecule has 0 bridgehead atoms. The van der Waals surface area contributed by atoms with Crippen LogP contribution in [-0.4, -0.2) is 43.9 Å². The van der Waals surface area contributed by atoms with E-state index in [1.165, 1.54) is 6.26 Å². The first-order chi connectivity index (χ1) is 7.92. The normalized spacial score (nSPS) is 12.0. The SMILES string of the molecule is CN(CCS(C)(=O)=O)Cc1cccnc1CN. The van der Waals surface area contributed by atoms with Gasteiger partial charge in [-0.05, 0) is 18.7 Å². The maximum Gasteiger partial charge on any atom is 0.148 e. The van der Waals surface area contributed by atoms with Crippen molar-refractivity contribution in [1.82, 2.24) is 9.88 Å². The minimum atomic E-state index is -2.91. The second kappa shape index (κ2) is 6.09. The Morgan fingerprint density at radius 3 is 2.76 bits per heavy atom. The highest BCUT2D eigenvalue weighted by atomic mass is 32.2. The topological polar surface area (TPSA) is 76.3 Å². The molecule has 1 aromatic heterocycles. The maximum absolute atomic E-state index is 11.1. The van der Waals surface area contributed by atoms with E-state index in [2.05, 4.69) is 4.98 Å². The van der Waals surface area contributed by atoms with Gasteiger partial charge in [0.05, 0.1) is 11.4 Å². The van der Waals surface area contributed by atoms with Crippen molar-refractivity contribution < 1.29 is 8.42 Å². The zero-order chi connectivity index (χ0) is 12.9. The van der Waals surface area contributed by atoms with Crippen LogP contribution in [0.2, 0.25) is 0 Å². The van der Waals surface area contributed by atoms with Gasteiger partial charge < -0.3 is 10.6 Å². The van der Waals surface area contributed by atoms with E-state index in [-0.39, 0.29) is 5.75 Å². The molecule has 1 aromatic rings. The van der Waals surface area contributed by atoms with Gasteiger partial charge in [-0.1, -0.05) is 6.07 Å². The van der Waals surface area contributed by atoms with Crippen LogP contribution in [0, 0.1) is 0 Å². The second-order valence-electron chi connectivity index (χ2n) is 4.18. The maximum atomic E-state index is 11.1. The van der Waals surface area contributed by atoms with Crippen molar-refractivity contribution in [3.05, 3.63) is 29.6 Å². The Hall–Kier alpha value is -0.980. The number of nitrogens with zero attached hydrogens (tertiary/aromatic N) is 2. The molecule has 5 nitrogen and oxygen atoms in total. The number of sulfone groups is 1. The van der Waals surface area contributed by atoms with E-state index in [0.29, 0.717) is 19.6 Å². The minimum absolute atomic E-state index is 0.168. The molecule has 0 spiro atoms. The van der Waals surface area contributed by atoms with E-state index in [9.17, 15) is 8.42 Å². The van der Waals surface area contributed by atoms with Gasteiger partial charge in [0.15, 0.2) is 0 Å². The van der Waals surface area contributed by atoms with E-state index in [1.54, 1.807) is 6.20 Å². The van der Waals surface area contributed by atoms with Crippen molar-refractivity contribution in [1.29, 1.82) is 0 Å². The Morgan fingerprint density at radius 2 is 2.18 bits per heavy atom. The van der Waals surface area contributed by atoms with Crippen molar-refractivity contribution >= 4 is 9.84 Å². The lowest BCUT2D eigenvalue weighted by molar-refractivity contribution is 0.344. The molecule has 0 saturated heterocycles. The van der Waals surface area contributed by atoms with Crippen molar-refractivity contribution in [2.24, 2.45) is 5.73 Å². The zero-order valence-corrected chi connectivity index (χ0v) is 11.1. The smallest absolute Gasteiger partial charge is 0.148 e. The summed E-state index contributed by atoms with van der Waals surface area (Å²) in [7, 11) is -1.02. The lowest BCUT2D eigenvalue weighted by atomic mass is 10.2. The van der Waals surface area contributed by atoms with Gasteiger partial charge in [-0.15, -0.1) is 0 Å². The molecule has 2 N–H and O–H groups in total. The fraction of sp³-hybridized carbons (Fsp3) is 0.545. The van der Waals surface area contributed by atoms with Gasteiger partial charge in [0, 0.05) is 32.1 Å². The van der Waals surface area contributed by atoms with Crippen LogP contribution in [0.15, 0.2) is 18.3 Å². The van der Waals surface area contributed by atoms with Crippen molar-refractivity contribution in [2.45, 2.75) is 13.1 Å². The number of hydrogen-bond donors (Lipinski definition) is 1. The fourth-order valence-corrected chi connectivity index (χ4v) is 2.13. The number of rotatable bonds is 6. The standard InChI is InChI=1S/C11H19N3O2S/c1-14(6-7-17(2,15)16)9-10-4-3-5-13-11(10)8-12/h3-5H,6-9,12H2,1-2H3. The summed E-state index contributed by atoms with van der Waals surface area (Å²) >= 11 is 0. The van der Waals surface area contributed by atoms with Gasteiger partial charge in [-0.3, -0.25) is 4.98 Å². The summed E-state index contributed by atoms with van der Waals surface area (Å²) in [4.78, 5) is 6.14. The molecule has 96 valence electrons. The molecule has 0 atom stereocenters. The Labute approximate surface area is 103 Å². The first kappa shape index (κ1) is 14.1. The Morgan fingerprint density at radius 1 is 1.47 bits per heavy atom. The molecular formula is C11H19N3O2S. The predicted octanol–water partition coefficient (Wildman–Crippen LogP) is 0.0167. The number of hydrogen-bond acceptors (Lipinski definition) is 5. The van der Waals surface area contributed by atoms with E-state index in [0.717, 1.165) is 11.3 Å². The first-order valence-corrected chi connectivity index (χ1v) is 7.47. The molecule has 0 aliphatic rings. The summed E-state index contributed by atoms with van der Waals surface area (Å²) in [6, 6.07) is 3.82. The number of aromatic nitrogens is 1. The van der Waals surface area contributed by atoms with Crippen LogP contribution >= 0.6 is 0 Å². The molecule has 0 fully saturated rings. The molecule has 0 radical (unpaired) electrons. The first-order valence-electron chi connectivity index (χ1n) is 5.41. The highest BCUT2D eigenvalue weighted by Crippen LogP contribution is 2.07. The van der Waals surface area contributed by atoms with Gasteiger partial charge in [-0.2, -0.15) is 0 Å². The molecule has 0 aliphatic carbocycles. The summed E-state index contributed by atoms with van der Waals surface area (Å²) in [6.45, 7) is 1.57. The van der Waals surface area contributed by atoms with Gasteiger partial charge in [-0.25, -0.2) is 8.42 Å². The largest absolute Gasteiger partial charge is 0.325 e. The average molecular weight is 257 g/mol. The summed E-state index contributed by atoms with van der Waals surface area (Å²) in [5.74, 6) is 0.168. The molecule has 0 aromatic carbocycles. The van der Waals surface area contributed by atoms with Crippen LogP contribution in [0.1, 0.15) is 11.3 Å². The van der Waals surface area contributed by atoms with Gasteiger partial charge in [0.25, 0.3) is 0 Å². The van der Waals surface area contributed by atoms with Gasteiger partial charge in [0.2, 0.25) is 0 Å². The Balaban J connectivity index is 2.59. The molecule has 6 heteroatoms. The van der Waals surface area contributed by atoms with E-state index in [1.807, 2.05) is 24.1 Å². The summed E-state index contributed by atoms with van der Waals surface area (Å²) in [6.07, 6.45) is 2.96. The molecule has 0 amide bonds. The second-order valence-corrected chi connectivity index (χ2v) is 6.44. The zero-order valence-electron chi connectivity index (χ0n) is 10.3. The van der Waals surface area contributed by atoms with Crippen LogP contribution < -0.4 is 5.73 Å². The molecule has 0 aliphatic heterocycles. The monoisotopic (exact) mass is 257 g/mol. The predicted molar refractivity (Wildman–Crippen MR) is 68.2 cm³/mol. The Bertz CT molecular complexity index is 460. The molecule has 0 unspecified atom stereocenters. The number of nitrogens with two attached hydrogens (primary N) is 1. The lowest BCUT2D eigenvalue weighted by Crippen LogP contribution is -2.25. The lowest BCUT2D eigenvalue weighted by Gasteiger charge is -2.17. The van der Waals surface area contributed by atoms with Crippen LogP contribution in [0.5, 0.6) is 0 Å². The third-order valence-corrected chi connectivity index (χ3v) is 3.39. The van der Waals surface area contributed by atoms with E-state index < -0.39 is 9.84 Å². The van der Waals surface area contributed by atoms with Crippen molar-refractivity contribution in [3.63, 3.8) is 0 Å². The van der Waals surface area contributed by atoms with Crippen LogP contribution in [-0.2, 0) is 22.9 Å². The molecule has 0 saturated carbocycles.